The standard InChI is InChI=1S/C11H17ClN4O2/c1-7(2)18-6-5-14-11(17)10-8(12)3-4-9(15-10)16-13/h3-4,7H,5-6,13H2,1-2H3,(H,14,17)(H,15,16). The minimum Gasteiger partial charge on any atom is -0.377 e. The van der Waals surface area contributed by atoms with E-state index in [0.29, 0.717) is 19.0 Å². The zero-order valence-corrected chi connectivity index (χ0v) is 11.1. The van der Waals surface area contributed by atoms with Gasteiger partial charge in [-0.1, -0.05) is 11.6 Å². The van der Waals surface area contributed by atoms with Crippen molar-refractivity contribution in [1.82, 2.24) is 10.3 Å². The van der Waals surface area contributed by atoms with Crippen molar-refractivity contribution in [3.63, 3.8) is 0 Å². The van der Waals surface area contributed by atoms with Crippen molar-refractivity contribution < 1.29 is 9.53 Å². The van der Waals surface area contributed by atoms with E-state index < -0.39 is 0 Å². The Morgan fingerprint density at radius 2 is 2.28 bits per heavy atom. The summed E-state index contributed by atoms with van der Waals surface area (Å²) in [4.78, 5) is 15.8. The quantitative estimate of drug-likeness (QED) is 0.411. The fraction of sp³-hybridized carbons (Fsp3) is 0.455. The van der Waals surface area contributed by atoms with Gasteiger partial charge in [0.2, 0.25) is 0 Å². The van der Waals surface area contributed by atoms with E-state index >= 15 is 0 Å². The third-order valence-electron chi connectivity index (χ3n) is 2.05. The molecule has 6 nitrogen and oxygen atoms in total. The first-order valence-electron chi connectivity index (χ1n) is 5.57. The highest BCUT2D eigenvalue weighted by molar-refractivity contribution is 6.33. The molecule has 1 rings (SSSR count). The maximum atomic E-state index is 11.8. The number of pyridine rings is 1. The van der Waals surface area contributed by atoms with Crippen molar-refractivity contribution in [2.24, 2.45) is 5.84 Å². The van der Waals surface area contributed by atoms with Crippen LogP contribution in [-0.2, 0) is 4.74 Å². The topological polar surface area (TPSA) is 89.3 Å². The maximum absolute atomic E-state index is 11.8. The van der Waals surface area contributed by atoms with Crippen molar-refractivity contribution in [2.45, 2.75) is 20.0 Å². The fourth-order valence-electron chi connectivity index (χ4n) is 1.22. The zero-order valence-electron chi connectivity index (χ0n) is 10.4. The van der Waals surface area contributed by atoms with E-state index in [1.165, 1.54) is 0 Å². The Morgan fingerprint density at radius 3 is 2.89 bits per heavy atom. The number of nitrogens with two attached hydrogens (primary N) is 1. The van der Waals surface area contributed by atoms with E-state index in [4.69, 9.17) is 22.2 Å². The maximum Gasteiger partial charge on any atom is 0.271 e. The van der Waals surface area contributed by atoms with Gasteiger partial charge in [-0.2, -0.15) is 0 Å². The SMILES string of the molecule is CC(C)OCCNC(=O)c1nc(NN)ccc1Cl. The van der Waals surface area contributed by atoms with Gasteiger partial charge in [0.15, 0.2) is 0 Å². The molecule has 7 heteroatoms. The van der Waals surface area contributed by atoms with Crippen LogP contribution < -0.4 is 16.6 Å². The van der Waals surface area contributed by atoms with E-state index in [1.807, 2.05) is 13.8 Å². The van der Waals surface area contributed by atoms with Gasteiger partial charge in [0.1, 0.15) is 11.5 Å². The molecule has 1 heterocycles. The van der Waals surface area contributed by atoms with Crippen molar-refractivity contribution in [1.29, 1.82) is 0 Å². The number of carbonyl (C=O) groups is 1. The highest BCUT2D eigenvalue weighted by Gasteiger charge is 2.12. The Balaban J connectivity index is 2.55. The third-order valence-corrected chi connectivity index (χ3v) is 2.35. The summed E-state index contributed by atoms with van der Waals surface area (Å²) in [7, 11) is 0. The predicted molar refractivity (Wildman–Crippen MR) is 70.5 cm³/mol. The van der Waals surface area contributed by atoms with Gasteiger partial charge in [-0.25, -0.2) is 10.8 Å². The minimum absolute atomic E-state index is 0.133. The predicted octanol–water partition coefficient (Wildman–Crippen LogP) is 1.18. The van der Waals surface area contributed by atoms with Crippen LogP contribution in [-0.4, -0.2) is 30.1 Å². The van der Waals surface area contributed by atoms with Gasteiger partial charge in [-0.3, -0.25) is 4.79 Å². The normalized spacial score (nSPS) is 10.5. The van der Waals surface area contributed by atoms with Crippen LogP contribution in [0, 0.1) is 0 Å². The molecular weight excluding hydrogens is 256 g/mol. The minimum atomic E-state index is -0.357. The van der Waals surface area contributed by atoms with Crippen LogP contribution in [0.2, 0.25) is 5.02 Å². The van der Waals surface area contributed by atoms with Crippen LogP contribution in [0.5, 0.6) is 0 Å². The summed E-state index contributed by atoms with van der Waals surface area (Å²) in [6.07, 6.45) is 0.133. The average Bonchev–Trinajstić information content (AvgIpc) is 2.34. The number of amides is 1. The van der Waals surface area contributed by atoms with Crippen LogP contribution in [0.1, 0.15) is 24.3 Å². The van der Waals surface area contributed by atoms with Gasteiger partial charge >= 0.3 is 0 Å². The number of carbonyl (C=O) groups excluding carboxylic acids is 1. The van der Waals surface area contributed by atoms with Crippen molar-refractivity contribution in [2.75, 3.05) is 18.6 Å². The third kappa shape index (κ3) is 4.48. The number of ether oxygens (including phenoxy) is 1. The van der Waals surface area contributed by atoms with Gasteiger partial charge in [0.05, 0.1) is 17.7 Å². The Hall–Kier alpha value is -1.37. The van der Waals surface area contributed by atoms with Gasteiger partial charge < -0.3 is 15.5 Å². The molecule has 0 aliphatic rings. The molecule has 0 bridgehead atoms. The smallest absolute Gasteiger partial charge is 0.271 e. The molecule has 0 aliphatic carbocycles. The van der Waals surface area contributed by atoms with Crippen LogP contribution >= 0.6 is 11.6 Å². The van der Waals surface area contributed by atoms with Gasteiger partial charge in [0, 0.05) is 6.54 Å². The second-order valence-corrected chi connectivity index (χ2v) is 4.25. The summed E-state index contributed by atoms with van der Waals surface area (Å²) in [5.74, 6) is 5.24. The van der Waals surface area contributed by atoms with Crippen molar-refractivity contribution in [3.05, 3.63) is 22.8 Å². The largest absolute Gasteiger partial charge is 0.377 e. The van der Waals surface area contributed by atoms with Crippen LogP contribution in [0.3, 0.4) is 0 Å². The second kappa shape index (κ2) is 7.15. The van der Waals surface area contributed by atoms with Crippen molar-refractivity contribution in [3.8, 4) is 0 Å². The number of hydrogen-bond donors (Lipinski definition) is 3. The summed E-state index contributed by atoms with van der Waals surface area (Å²) in [6, 6.07) is 3.14. The highest BCUT2D eigenvalue weighted by Crippen LogP contribution is 2.15. The number of nitrogens with zero attached hydrogens (tertiary/aromatic N) is 1. The summed E-state index contributed by atoms with van der Waals surface area (Å²) in [5, 5.41) is 2.94. The molecule has 1 amide bonds. The Labute approximate surface area is 111 Å². The number of anilines is 1. The van der Waals surface area contributed by atoms with Gasteiger partial charge in [-0.15, -0.1) is 0 Å². The van der Waals surface area contributed by atoms with Crippen LogP contribution in [0.25, 0.3) is 0 Å². The van der Waals surface area contributed by atoms with E-state index in [-0.39, 0.29) is 22.7 Å². The molecular formula is C11H17ClN4O2. The molecule has 0 saturated carbocycles. The molecule has 100 valence electrons. The molecule has 0 radical (unpaired) electrons. The van der Waals surface area contributed by atoms with Crippen molar-refractivity contribution >= 4 is 23.3 Å². The number of nitrogen functional groups attached to an aromatic ring is 1. The first kappa shape index (κ1) is 14.7. The Bertz CT molecular complexity index is 412. The van der Waals surface area contributed by atoms with Gasteiger partial charge in [0.25, 0.3) is 5.91 Å². The summed E-state index contributed by atoms with van der Waals surface area (Å²) < 4.78 is 5.30. The molecule has 0 aliphatic heterocycles. The Kier molecular flexibility index (Phi) is 5.84. The van der Waals surface area contributed by atoms with E-state index in [1.54, 1.807) is 12.1 Å². The van der Waals surface area contributed by atoms with Crippen LogP contribution in [0.15, 0.2) is 12.1 Å². The van der Waals surface area contributed by atoms with Gasteiger partial charge in [-0.05, 0) is 26.0 Å². The van der Waals surface area contributed by atoms with Crippen LogP contribution in [0.4, 0.5) is 5.82 Å². The zero-order chi connectivity index (χ0) is 13.5. The lowest BCUT2D eigenvalue weighted by Gasteiger charge is -2.09. The lowest BCUT2D eigenvalue weighted by atomic mass is 10.3. The number of nitrogens with one attached hydrogen (secondary N) is 2. The number of aromatic nitrogens is 1. The summed E-state index contributed by atoms with van der Waals surface area (Å²) in [6.45, 7) is 4.69. The molecule has 1 aromatic heterocycles. The number of hydrogen-bond acceptors (Lipinski definition) is 5. The Morgan fingerprint density at radius 1 is 1.56 bits per heavy atom. The number of halogens is 1. The molecule has 1 aromatic rings. The molecule has 0 unspecified atom stereocenters. The average molecular weight is 273 g/mol. The van der Waals surface area contributed by atoms with E-state index in [0.717, 1.165) is 0 Å². The molecule has 0 saturated heterocycles. The second-order valence-electron chi connectivity index (χ2n) is 3.85. The first-order chi connectivity index (χ1) is 8.54. The van der Waals surface area contributed by atoms with E-state index in [2.05, 4.69) is 15.7 Å². The number of rotatable bonds is 6. The number of hydrazine groups is 1. The fourth-order valence-corrected chi connectivity index (χ4v) is 1.42. The molecule has 0 atom stereocenters. The van der Waals surface area contributed by atoms with E-state index in [9.17, 15) is 4.79 Å². The molecule has 0 aromatic carbocycles. The molecule has 18 heavy (non-hydrogen) atoms. The lowest BCUT2D eigenvalue weighted by molar-refractivity contribution is 0.0745. The highest BCUT2D eigenvalue weighted by atomic mass is 35.5. The first-order valence-corrected chi connectivity index (χ1v) is 5.95. The lowest BCUT2D eigenvalue weighted by Crippen LogP contribution is -2.29. The molecule has 4 N–H and O–H groups in total. The molecule has 0 spiro atoms. The summed E-state index contributed by atoms with van der Waals surface area (Å²) in [5.41, 5.74) is 2.49. The summed E-state index contributed by atoms with van der Waals surface area (Å²) >= 11 is 5.89. The molecule has 0 fully saturated rings. The monoisotopic (exact) mass is 272 g/mol.